The van der Waals surface area contributed by atoms with E-state index in [0.717, 1.165) is 11.4 Å². The van der Waals surface area contributed by atoms with E-state index in [4.69, 9.17) is 0 Å². The number of hydrogen-bond donors (Lipinski definition) is 2. The van der Waals surface area contributed by atoms with E-state index in [2.05, 4.69) is 10.6 Å². The first kappa shape index (κ1) is 28.4. The summed E-state index contributed by atoms with van der Waals surface area (Å²) in [7, 11) is 1.76. The largest absolute Gasteiger partial charge is 0.385 e. The molecule has 1 fully saturated rings. The zero-order chi connectivity index (χ0) is 26.2. The molecule has 10 heteroatoms. The van der Waals surface area contributed by atoms with Crippen molar-refractivity contribution in [2.75, 3.05) is 43.6 Å². The van der Waals surface area contributed by atoms with E-state index in [1.54, 1.807) is 16.8 Å². The van der Waals surface area contributed by atoms with Gasteiger partial charge in [-0.1, -0.05) is 26.8 Å². The Morgan fingerprint density at radius 2 is 2.03 bits per heavy atom. The lowest BCUT2D eigenvalue weighted by Crippen LogP contribution is -2.38. The molecule has 0 aromatic heterocycles. The molecule has 1 aromatic rings. The average Bonchev–Trinajstić information content (AvgIpc) is 3.13. The summed E-state index contributed by atoms with van der Waals surface area (Å²) in [6.07, 6.45) is 0.780. The lowest BCUT2D eigenvalue weighted by Gasteiger charge is -2.26. The van der Waals surface area contributed by atoms with Crippen LogP contribution >= 0.6 is 11.8 Å². The van der Waals surface area contributed by atoms with Gasteiger partial charge in [-0.2, -0.15) is 5.26 Å². The molecule has 0 spiro atoms. The normalized spacial score (nSPS) is 18.7. The Morgan fingerprint density at radius 1 is 1.31 bits per heavy atom. The van der Waals surface area contributed by atoms with Gasteiger partial charge >= 0.3 is 0 Å². The van der Waals surface area contributed by atoms with Gasteiger partial charge in [-0.05, 0) is 31.5 Å². The fourth-order valence-corrected chi connectivity index (χ4v) is 5.48. The molecule has 0 bridgehead atoms. The van der Waals surface area contributed by atoms with Crippen molar-refractivity contribution >= 4 is 40.9 Å². The molecule has 0 radical (unpaired) electrons. The highest BCUT2D eigenvalue weighted by Gasteiger charge is 2.40. The van der Waals surface area contributed by atoms with Crippen LogP contribution in [0.4, 0.5) is 15.8 Å². The zero-order valence-electron chi connectivity index (χ0n) is 21.1. The molecule has 1 saturated heterocycles. The number of amides is 3. The molecule has 1 aliphatic rings. The summed E-state index contributed by atoms with van der Waals surface area (Å²) in [4.78, 5) is 41.0. The van der Waals surface area contributed by atoms with Crippen molar-refractivity contribution in [3.05, 3.63) is 24.3 Å². The zero-order valence-corrected chi connectivity index (χ0v) is 22.0. The summed E-state index contributed by atoms with van der Waals surface area (Å²) < 4.78 is 12.4. The van der Waals surface area contributed by atoms with Crippen LogP contribution in [-0.4, -0.2) is 66.6 Å². The molecule has 192 valence electrons. The Kier molecular flexibility index (Phi) is 10.4. The molecule has 35 heavy (non-hydrogen) atoms. The van der Waals surface area contributed by atoms with Gasteiger partial charge in [-0.25, -0.2) is 4.39 Å². The number of nitrogens with one attached hydrogen (secondary N) is 2. The number of halogens is 1. The molecule has 3 unspecified atom stereocenters. The summed E-state index contributed by atoms with van der Waals surface area (Å²) in [5.41, 5.74) is 1.15. The number of hydrogen-bond acceptors (Lipinski definition) is 6. The number of benzene rings is 1. The van der Waals surface area contributed by atoms with Gasteiger partial charge in [0.25, 0.3) is 0 Å². The molecule has 0 aliphatic carbocycles. The molecule has 0 saturated carbocycles. The Morgan fingerprint density at radius 3 is 2.63 bits per heavy atom. The van der Waals surface area contributed by atoms with Gasteiger partial charge in [0.1, 0.15) is 12.6 Å². The Labute approximate surface area is 211 Å². The highest BCUT2D eigenvalue weighted by atomic mass is 32.2. The minimum Gasteiger partial charge on any atom is -0.385 e. The van der Waals surface area contributed by atoms with E-state index >= 15 is 0 Å². The van der Waals surface area contributed by atoms with E-state index in [1.807, 2.05) is 58.0 Å². The van der Waals surface area contributed by atoms with Crippen LogP contribution in [-0.2, 0) is 14.4 Å². The highest BCUT2D eigenvalue weighted by Crippen LogP contribution is 2.37. The van der Waals surface area contributed by atoms with E-state index in [9.17, 15) is 24.0 Å². The number of carbonyl (C=O) groups is 3. The van der Waals surface area contributed by atoms with Crippen LogP contribution in [0.5, 0.6) is 0 Å². The van der Waals surface area contributed by atoms with Crippen LogP contribution in [0.3, 0.4) is 0 Å². The van der Waals surface area contributed by atoms with Crippen molar-refractivity contribution in [3.8, 4) is 6.07 Å². The van der Waals surface area contributed by atoms with Crippen LogP contribution in [0.15, 0.2) is 24.3 Å². The first-order valence-electron chi connectivity index (χ1n) is 11.8. The van der Waals surface area contributed by atoms with Crippen LogP contribution in [0.25, 0.3) is 0 Å². The SMILES string of the molecule is CCN1C(=O)C(CCNc2cccc(N(C)C(=O)C(C)(C)C)c2)SC1CC(C#N)C(=O)NCCF. The lowest BCUT2D eigenvalue weighted by molar-refractivity contribution is -0.131. The van der Waals surface area contributed by atoms with E-state index in [-0.39, 0.29) is 35.4 Å². The van der Waals surface area contributed by atoms with Gasteiger partial charge in [0.05, 0.1) is 16.7 Å². The minimum atomic E-state index is -0.937. The third-order valence-corrected chi connectivity index (χ3v) is 7.31. The molecule has 3 amide bonds. The lowest BCUT2D eigenvalue weighted by atomic mass is 9.94. The van der Waals surface area contributed by atoms with Crippen LogP contribution in [0.1, 0.15) is 40.5 Å². The third-order valence-electron chi connectivity index (χ3n) is 5.79. The predicted molar refractivity (Wildman–Crippen MR) is 138 cm³/mol. The molecular formula is C25H36FN5O3S. The van der Waals surface area contributed by atoms with Gasteiger partial charge in [0.15, 0.2) is 0 Å². The molecule has 3 atom stereocenters. The third kappa shape index (κ3) is 7.59. The fourth-order valence-electron chi connectivity index (χ4n) is 3.89. The van der Waals surface area contributed by atoms with Crippen molar-refractivity contribution in [3.63, 3.8) is 0 Å². The van der Waals surface area contributed by atoms with Crippen LogP contribution in [0.2, 0.25) is 0 Å². The van der Waals surface area contributed by atoms with Crippen molar-refractivity contribution in [1.82, 2.24) is 10.2 Å². The molecule has 1 aliphatic heterocycles. The second-order valence-electron chi connectivity index (χ2n) is 9.48. The summed E-state index contributed by atoms with van der Waals surface area (Å²) in [5, 5.41) is 14.6. The van der Waals surface area contributed by atoms with Gasteiger partial charge in [-0.15, -0.1) is 11.8 Å². The molecule has 1 aromatic carbocycles. The van der Waals surface area contributed by atoms with Crippen molar-refractivity contribution < 1.29 is 18.8 Å². The average molecular weight is 506 g/mol. The predicted octanol–water partition coefficient (Wildman–Crippen LogP) is 3.40. The number of nitriles is 1. The number of carbonyl (C=O) groups excluding carboxylic acids is 3. The monoisotopic (exact) mass is 505 g/mol. The maximum atomic E-state index is 12.9. The quantitative estimate of drug-likeness (QED) is 0.478. The highest BCUT2D eigenvalue weighted by molar-refractivity contribution is 8.01. The van der Waals surface area contributed by atoms with E-state index in [0.29, 0.717) is 19.5 Å². The fraction of sp³-hybridized carbons (Fsp3) is 0.600. The number of anilines is 2. The summed E-state index contributed by atoms with van der Waals surface area (Å²) in [6.45, 7) is 7.74. The molecule has 1 heterocycles. The summed E-state index contributed by atoms with van der Waals surface area (Å²) in [6, 6.07) is 9.56. The molecule has 8 nitrogen and oxygen atoms in total. The maximum absolute atomic E-state index is 12.9. The second kappa shape index (κ2) is 12.8. The second-order valence-corrected chi connectivity index (χ2v) is 10.9. The van der Waals surface area contributed by atoms with Gasteiger partial charge in [0, 0.05) is 49.9 Å². The number of nitrogens with zero attached hydrogens (tertiary/aromatic N) is 3. The number of rotatable bonds is 11. The number of thioether (sulfide) groups is 1. The van der Waals surface area contributed by atoms with E-state index in [1.165, 1.54) is 11.8 Å². The first-order chi connectivity index (χ1) is 16.5. The minimum absolute atomic E-state index is 0.00517. The Balaban J connectivity index is 1.96. The summed E-state index contributed by atoms with van der Waals surface area (Å²) in [5.74, 6) is -1.43. The molecule has 2 N–H and O–H groups in total. The Bertz CT molecular complexity index is 946. The van der Waals surface area contributed by atoms with E-state index < -0.39 is 23.9 Å². The van der Waals surface area contributed by atoms with Gasteiger partial charge < -0.3 is 20.4 Å². The smallest absolute Gasteiger partial charge is 0.237 e. The topological polar surface area (TPSA) is 106 Å². The maximum Gasteiger partial charge on any atom is 0.237 e. The van der Waals surface area contributed by atoms with Crippen LogP contribution in [0, 0.1) is 22.7 Å². The summed E-state index contributed by atoms with van der Waals surface area (Å²) >= 11 is 1.46. The van der Waals surface area contributed by atoms with Crippen LogP contribution < -0.4 is 15.5 Å². The first-order valence-corrected chi connectivity index (χ1v) is 12.8. The molecular weight excluding hydrogens is 469 g/mol. The molecule has 2 rings (SSSR count). The van der Waals surface area contributed by atoms with Crippen molar-refractivity contribution in [1.29, 1.82) is 5.26 Å². The van der Waals surface area contributed by atoms with Crippen molar-refractivity contribution in [2.24, 2.45) is 11.3 Å². The van der Waals surface area contributed by atoms with Crippen molar-refractivity contribution in [2.45, 2.75) is 51.2 Å². The van der Waals surface area contributed by atoms with Gasteiger partial charge in [0.2, 0.25) is 17.7 Å². The number of alkyl halides is 1. The van der Waals surface area contributed by atoms with Gasteiger partial charge in [-0.3, -0.25) is 14.4 Å². The Hall–Kier alpha value is -2.80. The standard InChI is InChI=1S/C25H36FN5O3S/c1-6-31-21(14-17(16-27)22(32)29-13-11-26)35-20(23(31)33)10-12-28-18-8-7-9-19(15-18)30(5)24(34)25(2,3)4/h7-9,15,17,20-21,28H,6,10-14H2,1-5H3,(H,29,32).